The first-order chi connectivity index (χ1) is 8.79. The van der Waals surface area contributed by atoms with Crippen molar-refractivity contribution >= 4 is 37.7 Å². The van der Waals surface area contributed by atoms with Gasteiger partial charge in [-0.05, 0) is 28.4 Å². The number of sulfonamides is 1. The lowest BCUT2D eigenvalue weighted by Crippen LogP contribution is -2.24. The van der Waals surface area contributed by atoms with Crippen LogP contribution in [0.15, 0.2) is 16.7 Å². The van der Waals surface area contributed by atoms with Gasteiger partial charge in [-0.3, -0.25) is 0 Å². The second-order valence-corrected chi connectivity index (χ2v) is 6.55. The molecule has 0 bridgehead atoms. The maximum atomic E-state index is 11.0. The van der Waals surface area contributed by atoms with E-state index in [1.165, 1.54) is 12.3 Å². The number of aromatic carboxylic acids is 1. The molecule has 0 aliphatic rings. The Morgan fingerprint density at radius 3 is 2.74 bits per heavy atom. The van der Waals surface area contributed by atoms with Gasteiger partial charge in [0, 0.05) is 23.8 Å². The molecule has 0 spiro atoms. The van der Waals surface area contributed by atoms with Crippen LogP contribution in [0.4, 0.5) is 5.82 Å². The summed E-state index contributed by atoms with van der Waals surface area (Å²) in [5, 5.41) is 11.9. The normalized spacial score (nSPS) is 11.3. The summed E-state index contributed by atoms with van der Waals surface area (Å²) in [6.45, 7) is 0.697. The van der Waals surface area contributed by atoms with Crippen LogP contribution in [0.25, 0.3) is 0 Å². The number of nitrogens with zero attached hydrogens (tertiary/aromatic N) is 1. The van der Waals surface area contributed by atoms with E-state index >= 15 is 0 Å². The predicted octanol–water partition coefficient (Wildman–Crippen LogP) is 0.893. The average Bonchev–Trinajstić information content (AvgIpc) is 2.28. The van der Waals surface area contributed by atoms with E-state index in [1.54, 1.807) is 0 Å². The minimum atomic E-state index is -3.19. The summed E-state index contributed by atoms with van der Waals surface area (Å²) in [5.41, 5.74) is 0.0606. The van der Waals surface area contributed by atoms with E-state index in [0.717, 1.165) is 6.26 Å². The van der Waals surface area contributed by atoms with E-state index in [9.17, 15) is 13.2 Å². The Balaban J connectivity index is 2.52. The molecule has 9 heteroatoms. The molecule has 106 valence electrons. The summed E-state index contributed by atoms with van der Waals surface area (Å²) in [6.07, 6.45) is 3.09. The Morgan fingerprint density at radius 2 is 2.16 bits per heavy atom. The van der Waals surface area contributed by atoms with Crippen molar-refractivity contribution in [1.82, 2.24) is 9.71 Å². The predicted molar refractivity (Wildman–Crippen MR) is 74.8 cm³/mol. The first-order valence-electron chi connectivity index (χ1n) is 5.37. The average molecular weight is 352 g/mol. The highest BCUT2D eigenvalue weighted by Gasteiger charge is 2.11. The Hall–Kier alpha value is -1.19. The summed E-state index contributed by atoms with van der Waals surface area (Å²) in [4.78, 5) is 15.0. The van der Waals surface area contributed by atoms with Crippen molar-refractivity contribution in [3.8, 4) is 0 Å². The van der Waals surface area contributed by atoms with Gasteiger partial charge in [-0.1, -0.05) is 0 Å². The number of hydrogen-bond donors (Lipinski definition) is 3. The van der Waals surface area contributed by atoms with Crippen molar-refractivity contribution in [1.29, 1.82) is 0 Å². The third kappa shape index (κ3) is 5.99. The van der Waals surface area contributed by atoms with Crippen LogP contribution in [0.5, 0.6) is 0 Å². The van der Waals surface area contributed by atoms with E-state index in [0.29, 0.717) is 17.4 Å². The largest absolute Gasteiger partial charge is 0.478 e. The molecule has 0 atom stereocenters. The molecule has 0 aromatic carbocycles. The lowest BCUT2D eigenvalue weighted by Gasteiger charge is -2.08. The topological polar surface area (TPSA) is 108 Å². The van der Waals surface area contributed by atoms with Crippen LogP contribution in [-0.2, 0) is 10.0 Å². The minimum absolute atomic E-state index is 0.0606. The molecule has 0 saturated carbocycles. The molecule has 1 aromatic heterocycles. The third-order valence-electron chi connectivity index (χ3n) is 2.09. The lowest BCUT2D eigenvalue weighted by molar-refractivity contribution is 0.0697. The number of carboxylic acid groups (broad SMARTS) is 1. The smallest absolute Gasteiger partial charge is 0.339 e. The number of nitrogens with one attached hydrogen (secondary N) is 2. The van der Waals surface area contributed by atoms with Crippen LogP contribution < -0.4 is 10.0 Å². The third-order valence-corrected chi connectivity index (χ3v) is 3.26. The van der Waals surface area contributed by atoms with Crippen LogP contribution in [0.1, 0.15) is 16.8 Å². The number of aromatic nitrogens is 1. The molecule has 1 aromatic rings. The van der Waals surface area contributed by atoms with Gasteiger partial charge in [-0.2, -0.15) is 0 Å². The quantitative estimate of drug-likeness (QED) is 0.629. The maximum absolute atomic E-state index is 11.0. The molecule has 7 nitrogen and oxygen atoms in total. The zero-order chi connectivity index (χ0) is 14.5. The van der Waals surface area contributed by atoms with Crippen molar-refractivity contribution in [2.24, 2.45) is 0 Å². The Kier molecular flexibility index (Phi) is 5.70. The van der Waals surface area contributed by atoms with E-state index < -0.39 is 16.0 Å². The van der Waals surface area contributed by atoms with Gasteiger partial charge in [-0.25, -0.2) is 22.9 Å². The van der Waals surface area contributed by atoms with Crippen molar-refractivity contribution in [2.45, 2.75) is 6.42 Å². The second-order valence-electron chi connectivity index (χ2n) is 3.80. The number of pyridine rings is 1. The molecule has 1 heterocycles. The van der Waals surface area contributed by atoms with Gasteiger partial charge in [0.15, 0.2) is 0 Å². The zero-order valence-corrected chi connectivity index (χ0v) is 12.6. The summed E-state index contributed by atoms with van der Waals surface area (Å²) >= 11 is 3.15. The van der Waals surface area contributed by atoms with Crippen LogP contribution in [0, 0.1) is 0 Å². The highest BCUT2D eigenvalue weighted by Crippen LogP contribution is 2.17. The van der Waals surface area contributed by atoms with Gasteiger partial charge in [0.25, 0.3) is 0 Å². The fourth-order valence-electron chi connectivity index (χ4n) is 1.30. The molecule has 19 heavy (non-hydrogen) atoms. The molecule has 3 N–H and O–H groups in total. The summed E-state index contributed by atoms with van der Waals surface area (Å²) in [5.74, 6) is -0.819. The molecule has 0 amide bonds. The number of rotatable bonds is 7. The molecular weight excluding hydrogens is 338 g/mol. The Morgan fingerprint density at radius 1 is 1.47 bits per heavy atom. The van der Waals surface area contributed by atoms with Crippen LogP contribution in [0.2, 0.25) is 0 Å². The second kappa shape index (κ2) is 6.83. The number of carbonyl (C=O) groups is 1. The first-order valence-corrected chi connectivity index (χ1v) is 8.05. The first kappa shape index (κ1) is 15.9. The van der Waals surface area contributed by atoms with Crippen LogP contribution in [-0.4, -0.2) is 43.8 Å². The molecule has 0 unspecified atom stereocenters. The van der Waals surface area contributed by atoms with Gasteiger partial charge < -0.3 is 10.4 Å². The number of anilines is 1. The van der Waals surface area contributed by atoms with Crippen LogP contribution in [0.3, 0.4) is 0 Å². The highest BCUT2D eigenvalue weighted by atomic mass is 79.9. The van der Waals surface area contributed by atoms with Gasteiger partial charge >= 0.3 is 5.97 Å². The summed E-state index contributed by atoms with van der Waals surface area (Å²) in [6, 6.07) is 1.45. The standard InChI is InChI=1S/C10H14BrN3O4S/c1-19(17,18)14-4-2-3-12-9-8(10(15)16)5-7(11)6-13-9/h5-6,14H,2-4H2,1H3,(H,12,13)(H,15,16). The fraction of sp³-hybridized carbons (Fsp3) is 0.400. The minimum Gasteiger partial charge on any atom is -0.478 e. The Bertz CT molecular complexity index is 562. The van der Waals surface area contributed by atoms with Crippen LogP contribution >= 0.6 is 15.9 Å². The molecule has 0 fully saturated rings. The molecule has 0 aliphatic carbocycles. The molecule has 0 aliphatic heterocycles. The maximum Gasteiger partial charge on any atom is 0.339 e. The van der Waals surface area contributed by atoms with Crippen molar-refractivity contribution in [2.75, 3.05) is 24.7 Å². The van der Waals surface area contributed by atoms with E-state index in [1.807, 2.05) is 0 Å². The van der Waals surface area contributed by atoms with Gasteiger partial charge in [-0.15, -0.1) is 0 Å². The molecule has 0 saturated heterocycles. The summed E-state index contributed by atoms with van der Waals surface area (Å²) < 4.78 is 24.6. The number of carboxylic acids is 1. The number of halogens is 1. The van der Waals surface area contributed by atoms with E-state index in [-0.39, 0.29) is 17.9 Å². The molecule has 1 rings (SSSR count). The highest BCUT2D eigenvalue weighted by molar-refractivity contribution is 9.10. The fourth-order valence-corrected chi connectivity index (χ4v) is 2.14. The van der Waals surface area contributed by atoms with Crippen molar-refractivity contribution < 1.29 is 18.3 Å². The number of hydrogen-bond acceptors (Lipinski definition) is 5. The monoisotopic (exact) mass is 351 g/mol. The molecule has 0 radical (unpaired) electrons. The van der Waals surface area contributed by atoms with Crippen molar-refractivity contribution in [3.63, 3.8) is 0 Å². The molecular formula is C10H14BrN3O4S. The van der Waals surface area contributed by atoms with Gasteiger partial charge in [0.1, 0.15) is 11.4 Å². The van der Waals surface area contributed by atoms with Gasteiger partial charge in [0.2, 0.25) is 10.0 Å². The van der Waals surface area contributed by atoms with E-state index in [2.05, 4.69) is 31.0 Å². The SMILES string of the molecule is CS(=O)(=O)NCCCNc1ncc(Br)cc1C(=O)O. The summed E-state index contributed by atoms with van der Waals surface area (Å²) in [7, 11) is -3.19. The lowest BCUT2D eigenvalue weighted by atomic mass is 10.2. The van der Waals surface area contributed by atoms with Crippen molar-refractivity contribution in [3.05, 3.63) is 22.3 Å². The zero-order valence-electron chi connectivity index (χ0n) is 10.2. The van der Waals surface area contributed by atoms with Gasteiger partial charge in [0.05, 0.1) is 6.26 Å². The Labute approximate surface area is 119 Å². The van der Waals surface area contributed by atoms with E-state index in [4.69, 9.17) is 5.11 Å².